The third-order valence-electron chi connectivity index (χ3n) is 4.99. The topological polar surface area (TPSA) is 64.7 Å². The van der Waals surface area contributed by atoms with Gasteiger partial charge in [0, 0.05) is 19.8 Å². The lowest BCUT2D eigenvalue weighted by molar-refractivity contribution is -0.163. The van der Waals surface area contributed by atoms with Gasteiger partial charge in [0.25, 0.3) is 0 Å². The van der Waals surface area contributed by atoms with Gasteiger partial charge in [-0.2, -0.15) is 0 Å². The van der Waals surface area contributed by atoms with Crippen LogP contribution in [0.1, 0.15) is 39.5 Å². The van der Waals surface area contributed by atoms with Crippen molar-refractivity contribution in [2.45, 2.75) is 51.2 Å². The summed E-state index contributed by atoms with van der Waals surface area (Å²) in [4.78, 5) is 0. The van der Waals surface area contributed by atoms with Crippen molar-refractivity contribution in [3.8, 4) is 0 Å². The normalized spacial score (nSPS) is 30.5. The van der Waals surface area contributed by atoms with E-state index in [4.69, 9.17) is 15.2 Å². The lowest BCUT2D eigenvalue weighted by Gasteiger charge is -2.45. The molecule has 4 heteroatoms. The van der Waals surface area contributed by atoms with Gasteiger partial charge >= 0.3 is 0 Å². The molecule has 0 radical (unpaired) electrons. The van der Waals surface area contributed by atoms with Gasteiger partial charge in [-0.1, -0.05) is 13.8 Å². The molecule has 3 N–H and O–H groups in total. The fraction of sp³-hybridized carbons (Fsp3) is 1.00. The highest BCUT2D eigenvalue weighted by Gasteiger charge is 2.42. The van der Waals surface area contributed by atoms with Crippen molar-refractivity contribution in [1.82, 2.24) is 0 Å². The molecule has 19 heavy (non-hydrogen) atoms. The Balaban J connectivity index is 1.99. The van der Waals surface area contributed by atoms with E-state index in [2.05, 4.69) is 13.8 Å². The first kappa shape index (κ1) is 15.2. The Morgan fingerprint density at radius 1 is 1.26 bits per heavy atom. The average molecular weight is 271 g/mol. The number of hydrogen-bond donors (Lipinski definition) is 2. The number of rotatable bonds is 4. The molecule has 2 fully saturated rings. The zero-order valence-corrected chi connectivity index (χ0v) is 12.3. The fourth-order valence-electron chi connectivity index (χ4n) is 3.60. The van der Waals surface area contributed by atoms with Gasteiger partial charge in [0.1, 0.15) is 0 Å². The van der Waals surface area contributed by atoms with Crippen LogP contribution in [-0.4, -0.2) is 43.2 Å². The van der Waals surface area contributed by atoms with E-state index in [1.165, 1.54) is 0 Å². The molecule has 0 bridgehead atoms. The van der Waals surface area contributed by atoms with Crippen LogP contribution in [0.25, 0.3) is 0 Å². The van der Waals surface area contributed by atoms with E-state index in [0.29, 0.717) is 18.4 Å². The molecule has 0 aromatic heterocycles. The molecule has 2 saturated heterocycles. The first-order valence-electron chi connectivity index (χ1n) is 7.68. The molecule has 2 aliphatic heterocycles. The van der Waals surface area contributed by atoms with E-state index in [-0.39, 0.29) is 17.6 Å². The minimum absolute atomic E-state index is 0.0434. The minimum Gasteiger partial charge on any atom is -0.392 e. The number of nitrogens with two attached hydrogens (primary N) is 1. The molecule has 1 spiro atoms. The lowest BCUT2D eigenvalue weighted by atomic mass is 9.74. The van der Waals surface area contributed by atoms with Crippen molar-refractivity contribution in [2.75, 3.05) is 26.4 Å². The van der Waals surface area contributed by atoms with E-state index < -0.39 is 0 Å². The van der Waals surface area contributed by atoms with Gasteiger partial charge in [-0.25, -0.2) is 0 Å². The molecule has 3 atom stereocenters. The minimum atomic E-state index is -0.298. The summed E-state index contributed by atoms with van der Waals surface area (Å²) >= 11 is 0. The van der Waals surface area contributed by atoms with Crippen molar-refractivity contribution >= 4 is 0 Å². The summed E-state index contributed by atoms with van der Waals surface area (Å²) in [6, 6.07) is 0. The highest BCUT2D eigenvalue weighted by Crippen LogP contribution is 2.40. The molecular weight excluding hydrogens is 242 g/mol. The lowest BCUT2D eigenvalue weighted by Crippen LogP contribution is -2.49. The van der Waals surface area contributed by atoms with E-state index in [1.807, 2.05) is 0 Å². The van der Waals surface area contributed by atoms with E-state index in [9.17, 15) is 5.11 Å². The molecule has 0 aliphatic carbocycles. The van der Waals surface area contributed by atoms with Crippen molar-refractivity contribution < 1.29 is 14.6 Å². The second-order valence-electron chi connectivity index (χ2n) is 6.53. The predicted octanol–water partition coefficient (Wildman–Crippen LogP) is 1.55. The SMILES string of the molecule is CC(C)C(CN)C(O)C1CCOC2(CCOCC2)C1. The molecule has 0 aromatic rings. The summed E-state index contributed by atoms with van der Waals surface area (Å²) in [5.74, 6) is 0.941. The number of ether oxygens (including phenoxy) is 2. The van der Waals surface area contributed by atoms with Gasteiger partial charge in [0.2, 0.25) is 0 Å². The van der Waals surface area contributed by atoms with Gasteiger partial charge in [-0.3, -0.25) is 0 Å². The highest BCUT2D eigenvalue weighted by molar-refractivity contribution is 4.92. The van der Waals surface area contributed by atoms with Crippen LogP contribution in [0.2, 0.25) is 0 Å². The van der Waals surface area contributed by atoms with Gasteiger partial charge in [0.15, 0.2) is 0 Å². The molecule has 2 rings (SSSR count). The summed E-state index contributed by atoms with van der Waals surface area (Å²) in [6.45, 7) is 7.18. The van der Waals surface area contributed by atoms with Crippen LogP contribution in [0.15, 0.2) is 0 Å². The predicted molar refractivity (Wildman–Crippen MR) is 74.8 cm³/mol. The zero-order valence-electron chi connectivity index (χ0n) is 12.3. The summed E-state index contributed by atoms with van der Waals surface area (Å²) in [5.41, 5.74) is 5.80. The van der Waals surface area contributed by atoms with Crippen molar-refractivity contribution in [3.05, 3.63) is 0 Å². The molecule has 3 unspecified atom stereocenters. The Bertz CT molecular complexity index is 271. The largest absolute Gasteiger partial charge is 0.392 e. The smallest absolute Gasteiger partial charge is 0.0730 e. The quantitative estimate of drug-likeness (QED) is 0.814. The monoisotopic (exact) mass is 271 g/mol. The third-order valence-corrected chi connectivity index (χ3v) is 4.99. The molecule has 2 aliphatic rings. The van der Waals surface area contributed by atoms with Crippen LogP contribution >= 0.6 is 0 Å². The summed E-state index contributed by atoms with van der Waals surface area (Å²) in [7, 11) is 0. The number of aliphatic hydroxyl groups is 1. The van der Waals surface area contributed by atoms with Crippen molar-refractivity contribution in [1.29, 1.82) is 0 Å². The zero-order chi connectivity index (χ0) is 13.9. The molecule has 0 aromatic carbocycles. The molecule has 0 amide bonds. The van der Waals surface area contributed by atoms with Crippen LogP contribution in [0.5, 0.6) is 0 Å². The maximum Gasteiger partial charge on any atom is 0.0730 e. The fourth-order valence-corrected chi connectivity index (χ4v) is 3.60. The van der Waals surface area contributed by atoms with Gasteiger partial charge in [-0.15, -0.1) is 0 Å². The maximum atomic E-state index is 10.7. The number of hydrogen-bond acceptors (Lipinski definition) is 4. The Morgan fingerprint density at radius 3 is 2.53 bits per heavy atom. The summed E-state index contributed by atoms with van der Waals surface area (Å²) < 4.78 is 11.5. The Hall–Kier alpha value is -0.160. The first-order valence-corrected chi connectivity index (χ1v) is 7.68. The molecule has 112 valence electrons. The van der Waals surface area contributed by atoms with Crippen molar-refractivity contribution in [2.24, 2.45) is 23.5 Å². The van der Waals surface area contributed by atoms with E-state index in [0.717, 1.165) is 45.5 Å². The second-order valence-corrected chi connectivity index (χ2v) is 6.53. The number of aliphatic hydroxyl groups excluding tert-OH is 1. The second kappa shape index (κ2) is 6.53. The maximum absolute atomic E-state index is 10.7. The van der Waals surface area contributed by atoms with E-state index in [1.54, 1.807) is 0 Å². The average Bonchev–Trinajstić information content (AvgIpc) is 2.40. The van der Waals surface area contributed by atoms with Crippen LogP contribution in [0, 0.1) is 17.8 Å². The van der Waals surface area contributed by atoms with Crippen LogP contribution in [-0.2, 0) is 9.47 Å². The van der Waals surface area contributed by atoms with Crippen LogP contribution < -0.4 is 5.73 Å². The third kappa shape index (κ3) is 3.48. The molecular formula is C15H29NO3. The highest BCUT2D eigenvalue weighted by atomic mass is 16.5. The molecule has 2 heterocycles. The van der Waals surface area contributed by atoms with E-state index >= 15 is 0 Å². The Kier molecular flexibility index (Phi) is 5.23. The van der Waals surface area contributed by atoms with Gasteiger partial charge < -0.3 is 20.3 Å². The first-order chi connectivity index (χ1) is 9.08. The molecule has 4 nitrogen and oxygen atoms in total. The Morgan fingerprint density at radius 2 is 1.95 bits per heavy atom. The van der Waals surface area contributed by atoms with Crippen molar-refractivity contribution in [3.63, 3.8) is 0 Å². The summed E-state index contributed by atoms with van der Waals surface area (Å²) in [6.07, 6.45) is 3.54. The van der Waals surface area contributed by atoms with Crippen LogP contribution in [0.3, 0.4) is 0 Å². The Labute approximate surface area is 116 Å². The van der Waals surface area contributed by atoms with Gasteiger partial charge in [-0.05, 0) is 50.0 Å². The van der Waals surface area contributed by atoms with Gasteiger partial charge in [0.05, 0.1) is 11.7 Å². The summed E-state index contributed by atoms with van der Waals surface area (Å²) in [5, 5.41) is 10.7. The molecule has 0 saturated carbocycles. The van der Waals surface area contributed by atoms with Crippen LogP contribution in [0.4, 0.5) is 0 Å². The standard InChI is InChI=1S/C15H29NO3/c1-11(2)13(10-16)14(17)12-3-6-19-15(9-12)4-7-18-8-5-15/h11-14,17H,3-10,16H2,1-2H3.